The Bertz CT molecular complexity index is 614. The van der Waals surface area contributed by atoms with Crippen LogP contribution in [0.25, 0.3) is 0 Å². The predicted octanol–water partition coefficient (Wildman–Crippen LogP) is 1.91. The zero-order valence-corrected chi connectivity index (χ0v) is 13.6. The van der Waals surface area contributed by atoms with Gasteiger partial charge < -0.3 is 10.2 Å². The lowest BCUT2D eigenvalue weighted by atomic mass is 9.95. The third-order valence-corrected chi connectivity index (χ3v) is 6.88. The first-order valence-electron chi connectivity index (χ1n) is 7.83. The Labute approximate surface area is 127 Å². The van der Waals surface area contributed by atoms with E-state index < -0.39 is 9.84 Å². The first-order valence-corrected chi connectivity index (χ1v) is 9.49. The minimum atomic E-state index is -3.18. The maximum atomic E-state index is 12.5. The number of hydrogen-bond donors (Lipinski definition) is 1. The number of para-hydroxylation sites is 1. The van der Waals surface area contributed by atoms with Crippen molar-refractivity contribution in [2.45, 2.75) is 31.2 Å². The highest BCUT2D eigenvalue weighted by atomic mass is 32.2. The SMILES string of the molecule is CCCS(=O)(=O)c1ccccc1N1CC2CNCC2C1C. The van der Waals surface area contributed by atoms with Gasteiger partial charge in [-0.05, 0) is 37.3 Å². The number of benzene rings is 1. The van der Waals surface area contributed by atoms with Crippen LogP contribution in [0.1, 0.15) is 20.3 Å². The fourth-order valence-corrected chi connectivity index (χ4v) is 5.37. The van der Waals surface area contributed by atoms with Crippen molar-refractivity contribution in [3.63, 3.8) is 0 Å². The van der Waals surface area contributed by atoms with E-state index in [0.717, 1.165) is 25.3 Å². The maximum Gasteiger partial charge on any atom is 0.180 e. The second-order valence-electron chi connectivity index (χ2n) is 6.26. The van der Waals surface area contributed by atoms with E-state index in [2.05, 4.69) is 17.1 Å². The first kappa shape index (κ1) is 14.9. The van der Waals surface area contributed by atoms with Gasteiger partial charge in [-0.15, -0.1) is 0 Å². The largest absolute Gasteiger partial charge is 0.367 e. The summed E-state index contributed by atoms with van der Waals surface area (Å²) < 4.78 is 25.0. The zero-order chi connectivity index (χ0) is 15.0. The van der Waals surface area contributed by atoms with Gasteiger partial charge in [0, 0.05) is 25.7 Å². The van der Waals surface area contributed by atoms with Crippen molar-refractivity contribution in [1.82, 2.24) is 5.32 Å². The highest BCUT2D eigenvalue weighted by Crippen LogP contribution is 2.38. The van der Waals surface area contributed by atoms with Crippen molar-refractivity contribution in [2.75, 3.05) is 30.3 Å². The van der Waals surface area contributed by atoms with E-state index in [1.54, 1.807) is 6.07 Å². The van der Waals surface area contributed by atoms with Gasteiger partial charge in [0.05, 0.1) is 16.3 Å². The van der Waals surface area contributed by atoms with Gasteiger partial charge >= 0.3 is 0 Å². The van der Waals surface area contributed by atoms with Crippen molar-refractivity contribution < 1.29 is 8.42 Å². The topological polar surface area (TPSA) is 49.4 Å². The molecule has 0 spiro atoms. The van der Waals surface area contributed by atoms with Crippen molar-refractivity contribution in [3.05, 3.63) is 24.3 Å². The van der Waals surface area contributed by atoms with Crippen LogP contribution in [0.3, 0.4) is 0 Å². The molecule has 5 heteroatoms. The molecule has 0 saturated carbocycles. The highest BCUT2D eigenvalue weighted by molar-refractivity contribution is 7.91. The standard InChI is InChI=1S/C16H24N2O2S/c1-3-8-21(19,20)16-7-5-4-6-15(16)18-11-13-9-17-10-14(13)12(18)2/h4-7,12-14,17H,3,8-11H2,1-2H3. The van der Waals surface area contributed by atoms with Gasteiger partial charge in [0.1, 0.15) is 0 Å². The Balaban J connectivity index is 1.97. The molecule has 116 valence electrons. The molecule has 3 rings (SSSR count). The molecule has 4 nitrogen and oxygen atoms in total. The van der Waals surface area contributed by atoms with Gasteiger partial charge in [-0.1, -0.05) is 19.1 Å². The number of fused-ring (bicyclic) bond motifs is 1. The highest BCUT2D eigenvalue weighted by Gasteiger charge is 2.42. The molecule has 0 aromatic heterocycles. The van der Waals surface area contributed by atoms with E-state index in [4.69, 9.17) is 0 Å². The smallest absolute Gasteiger partial charge is 0.180 e. The quantitative estimate of drug-likeness (QED) is 0.923. The lowest BCUT2D eigenvalue weighted by Gasteiger charge is -2.28. The van der Waals surface area contributed by atoms with E-state index >= 15 is 0 Å². The fourth-order valence-electron chi connectivity index (χ4n) is 3.82. The number of rotatable bonds is 4. The van der Waals surface area contributed by atoms with Crippen LogP contribution >= 0.6 is 0 Å². The van der Waals surface area contributed by atoms with Crippen LogP contribution in [-0.2, 0) is 9.84 Å². The third kappa shape index (κ3) is 2.57. The lowest BCUT2D eigenvalue weighted by molar-refractivity contribution is 0.471. The molecule has 3 unspecified atom stereocenters. The van der Waals surface area contributed by atoms with Crippen LogP contribution in [0.15, 0.2) is 29.2 Å². The molecule has 0 aliphatic carbocycles. The molecule has 1 aromatic carbocycles. The van der Waals surface area contributed by atoms with E-state index in [1.165, 1.54) is 0 Å². The van der Waals surface area contributed by atoms with Gasteiger partial charge in [0.2, 0.25) is 0 Å². The molecule has 2 heterocycles. The van der Waals surface area contributed by atoms with Gasteiger partial charge in [-0.3, -0.25) is 0 Å². The van der Waals surface area contributed by atoms with Crippen LogP contribution in [0.2, 0.25) is 0 Å². The summed E-state index contributed by atoms with van der Waals surface area (Å²) in [6, 6.07) is 7.89. The number of sulfone groups is 1. The van der Waals surface area contributed by atoms with Gasteiger partial charge in [0.25, 0.3) is 0 Å². The van der Waals surface area contributed by atoms with Crippen LogP contribution < -0.4 is 10.2 Å². The Morgan fingerprint density at radius 1 is 1.29 bits per heavy atom. The Kier molecular flexibility index (Phi) is 3.97. The third-order valence-electron chi connectivity index (χ3n) is 4.92. The molecular weight excluding hydrogens is 284 g/mol. The van der Waals surface area contributed by atoms with E-state index in [0.29, 0.717) is 29.2 Å². The number of nitrogens with zero attached hydrogens (tertiary/aromatic N) is 1. The van der Waals surface area contributed by atoms with Crippen LogP contribution in [0, 0.1) is 11.8 Å². The Morgan fingerprint density at radius 2 is 2.05 bits per heavy atom. The molecule has 2 aliphatic rings. The van der Waals surface area contributed by atoms with Gasteiger partial charge in [0.15, 0.2) is 9.84 Å². The van der Waals surface area contributed by atoms with E-state index in [1.807, 2.05) is 25.1 Å². The van der Waals surface area contributed by atoms with Gasteiger partial charge in [-0.2, -0.15) is 0 Å². The van der Waals surface area contributed by atoms with Crippen LogP contribution in [0.4, 0.5) is 5.69 Å². The molecule has 1 aromatic rings. The molecule has 0 radical (unpaired) electrons. The molecule has 1 N–H and O–H groups in total. The normalized spacial score (nSPS) is 28.9. The minimum absolute atomic E-state index is 0.223. The molecular formula is C16H24N2O2S. The first-order chi connectivity index (χ1) is 10.0. The molecule has 0 bridgehead atoms. The van der Waals surface area contributed by atoms with Crippen molar-refractivity contribution in [2.24, 2.45) is 11.8 Å². The summed E-state index contributed by atoms with van der Waals surface area (Å²) in [6.45, 7) is 7.19. The monoisotopic (exact) mass is 308 g/mol. The molecule has 2 fully saturated rings. The molecule has 2 aliphatic heterocycles. The van der Waals surface area contributed by atoms with Crippen LogP contribution in [-0.4, -0.2) is 39.8 Å². The predicted molar refractivity (Wildman–Crippen MR) is 85.4 cm³/mol. The Morgan fingerprint density at radius 3 is 2.76 bits per heavy atom. The summed E-state index contributed by atoms with van der Waals surface area (Å²) in [7, 11) is -3.18. The van der Waals surface area contributed by atoms with Crippen molar-refractivity contribution >= 4 is 15.5 Å². The average molecular weight is 308 g/mol. The molecule has 3 atom stereocenters. The summed E-state index contributed by atoms with van der Waals surface area (Å²) in [6.07, 6.45) is 0.654. The number of hydrogen-bond acceptors (Lipinski definition) is 4. The second-order valence-corrected chi connectivity index (χ2v) is 8.34. The summed E-state index contributed by atoms with van der Waals surface area (Å²) in [4.78, 5) is 2.81. The molecule has 21 heavy (non-hydrogen) atoms. The lowest BCUT2D eigenvalue weighted by Crippen LogP contribution is -2.34. The summed E-state index contributed by atoms with van der Waals surface area (Å²) in [5.74, 6) is 1.49. The second kappa shape index (κ2) is 5.61. The van der Waals surface area contributed by atoms with Crippen molar-refractivity contribution in [3.8, 4) is 0 Å². The summed E-state index contributed by atoms with van der Waals surface area (Å²) in [5, 5.41) is 3.45. The zero-order valence-electron chi connectivity index (χ0n) is 12.7. The van der Waals surface area contributed by atoms with Crippen LogP contribution in [0.5, 0.6) is 0 Å². The van der Waals surface area contributed by atoms with E-state index in [-0.39, 0.29) is 5.75 Å². The van der Waals surface area contributed by atoms with Gasteiger partial charge in [-0.25, -0.2) is 8.42 Å². The van der Waals surface area contributed by atoms with E-state index in [9.17, 15) is 8.42 Å². The average Bonchev–Trinajstić information content (AvgIpc) is 3.02. The maximum absolute atomic E-state index is 12.5. The summed E-state index contributed by atoms with van der Waals surface area (Å²) >= 11 is 0. The van der Waals surface area contributed by atoms with Crippen molar-refractivity contribution in [1.29, 1.82) is 0 Å². The minimum Gasteiger partial charge on any atom is -0.367 e. The summed E-state index contributed by atoms with van der Waals surface area (Å²) in [5.41, 5.74) is 0.896. The Hall–Kier alpha value is -1.07. The fraction of sp³-hybridized carbons (Fsp3) is 0.625. The molecule has 0 amide bonds. The molecule has 2 saturated heterocycles. The number of anilines is 1. The number of nitrogens with one attached hydrogen (secondary N) is 1.